The lowest BCUT2D eigenvalue weighted by atomic mass is 9.85. The molecular weight excluding hydrogens is 184 g/mol. The van der Waals surface area contributed by atoms with E-state index in [2.05, 4.69) is 6.92 Å². The van der Waals surface area contributed by atoms with Crippen molar-refractivity contribution in [3.05, 3.63) is 41.5 Å². The van der Waals surface area contributed by atoms with E-state index in [1.165, 1.54) is 0 Å². The van der Waals surface area contributed by atoms with Crippen molar-refractivity contribution in [1.82, 2.24) is 0 Å². The van der Waals surface area contributed by atoms with E-state index in [4.69, 9.17) is 0 Å². The fraction of sp³-hybridized carbons (Fsp3) is 0.357. The van der Waals surface area contributed by atoms with Gasteiger partial charge in [0, 0.05) is 6.42 Å². The smallest absolute Gasteiger partial charge is 0.158 e. The SMILES string of the molecule is C[C@H]1CCC(=O)/C(=C\c2ccccc2)C1. The van der Waals surface area contributed by atoms with Crippen LogP contribution in [0.4, 0.5) is 0 Å². The molecule has 0 N–H and O–H groups in total. The Labute approximate surface area is 90.8 Å². The van der Waals surface area contributed by atoms with Crippen LogP contribution < -0.4 is 0 Å². The molecule has 1 atom stereocenters. The number of Topliss-reactive ketones (excluding diaryl/α,β-unsaturated/α-hetero) is 1. The zero-order valence-electron chi connectivity index (χ0n) is 9.07. The van der Waals surface area contributed by atoms with Gasteiger partial charge in [0.2, 0.25) is 0 Å². The highest BCUT2D eigenvalue weighted by atomic mass is 16.1. The molecule has 0 aliphatic heterocycles. The molecule has 0 heterocycles. The lowest BCUT2D eigenvalue weighted by Crippen LogP contribution is -2.14. The predicted octanol–water partition coefficient (Wildman–Crippen LogP) is 3.46. The highest BCUT2D eigenvalue weighted by Crippen LogP contribution is 2.26. The molecule has 1 aliphatic carbocycles. The third kappa shape index (κ3) is 2.56. The molecule has 1 aromatic carbocycles. The molecule has 0 spiro atoms. The Balaban J connectivity index is 2.22. The van der Waals surface area contributed by atoms with Crippen LogP contribution in [0.25, 0.3) is 6.08 Å². The van der Waals surface area contributed by atoms with Crippen LogP contribution in [0, 0.1) is 5.92 Å². The van der Waals surface area contributed by atoms with Crippen molar-refractivity contribution in [2.45, 2.75) is 26.2 Å². The van der Waals surface area contributed by atoms with Crippen molar-refractivity contribution in [3.63, 3.8) is 0 Å². The van der Waals surface area contributed by atoms with E-state index < -0.39 is 0 Å². The number of hydrogen-bond donors (Lipinski definition) is 0. The standard InChI is InChI=1S/C14H16O/c1-11-7-8-14(15)13(9-11)10-12-5-3-2-4-6-12/h2-6,10-11H,7-9H2,1H3/b13-10-/t11-/m0/s1. The molecule has 78 valence electrons. The fourth-order valence-corrected chi connectivity index (χ4v) is 2.02. The van der Waals surface area contributed by atoms with E-state index in [-0.39, 0.29) is 0 Å². The van der Waals surface area contributed by atoms with Crippen molar-refractivity contribution < 1.29 is 4.79 Å². The number of benzene rings is 1. The summed E-state index contributed by atoms with van der Waals surface area (Å²) in [6.45, 7) is 2.21. The van der Waals surface area contributed by atoms with Crippen LogP contribution in [0.2, 0.25) is 0 Å². The summed E-state index contributed by atoms with van der Waals surface area (Å²) in [6.07, 6.45) is 4.75. The lowest BCUT2D eigenvalue weighted by Gasteiger charge is -2.19. The first kappa shape index (κ1) is 10.2. The molecule has 1 saturated carbocycles. The Bertz CT molecular complexity index is 376. The highest BCUT2D eigenvalue weighted by Gasteiger charge is 2.19. The van der Waals surface area contributed by atoms with E-state index in [1.54, 1.807) is 0 Å². The molecule has 1 aliphatic rings. The minimum absolute atomic E-state index is 0.331. The van der Waals surface area contributed by atoms with Gasteiger partial charge in [-0.1, -0.05) is 37.3 Å². The third-order valence-electron chi connectivity index (χ3n) is 2.93. The monoisotopic (exact) mass is 200 g/mol. The molecule has 0 amide bonds. The number of allylic oxidation sites excluding steroid dienone is 1. The summed E-state index contributed by atoms with van der Waals surface area (Å²) in [5.41, 5.74) is 2.13. The Kier molecular flexibility index (Phi) is 3.00. The molecule has 0 aromatic heterocycles. The molecule has 15 heavy (non-hydrogen) atoms. The van der Waals surface area contributed by atoms with Gasteiger partial charge >= 0.3 is 0 Å². The van der Waals surface area contributed by atoms with E-state index in [0.717, 1.165) is 30.4 Å². The molecule has 2 rings (SSSR count). The van der Waals surface area contributed by atoms with Gasteiger partial charge in [-0.15, -0.1) is 0 Å². The Hall–Kier alpha value is -1.37. The van der Waals surface area contributed by atoms with Crippen molar-refractivity contribution in [2.75, 3.05) is 0 Å². The van der Waals surface area contributed by atoms with Gasteiger partial charge in [0.25, 0.3) is 0 Å². The molecule has 0 bridgehead atoms. The van der Waals surface area contributed by atoms with E-state index in [0.29, 0.717) is 11.7 Å². The first-order chi connectivity index (χ1) is 7.25. The van der Waals surface area contributed by atoms with Crippen molar-refractivity contribution in [1.29, 1.82) is 0 Å². The molecule has 1 aromatic rings. The summed E-state index contributed by atoms with van der Waals surface area (Å²) >= 11 is 0. The summed E-state index contributed by atoms with van der Waals surface area (Å²) in [6, 6.07) is 10.1. The van der Waals surface area contributed by atoms with Crippen molar-refractivity contribution >= 4 is 11.9 Å². The fourth-order valence-electron chi connectivity index (χ4n) is 2.02. The molecule has 0 saturated heterocycles. The lowest BCUT2D eigenvalue weighted by molar-refractivity contribution is -0.116. The summed E-state index contributed by atoms with van der Waals surface area (Å²) in [5, 5.41) is 0. The first-order valence-electron chi connectivity index (χ1n) is 5.54. The Morgan fingerprint density at radius 3 is 2.73 bits per heavy atom. The minimum atomic E-state index is 0.331. The first-order valence-corrected chi connectivity index (χ1v) is 5.54. The van der Waals surface area contributed by atoms with Crippen LogP contribution in [-0.4, -0.2) is 5.78 Å². The molecule has 1 fully saturated rings. The van der Waals surface area contributed by atoms with Gasteiger partial charge < -0.3 is 0 Å². The molecule has 0 unspecified atom stereocenters. The number of hydrogen-bond acceptors (Lipinski definition) is 1. The zero-order chi connectivity index (χ0) is 10.7. The van der Waals surface area contributed by atoms with Crippen LogP contribution in [0.15, 0.2) is 35.9 Å². The van der Waals surface area contributed by atoms with E-state index >= 15 is 0 Å². The van der Waals surface area contributed by atoms with Crippen LogP contribution in [-0.2, 0) is 4.79 Å². The second kappa shape index (κ2) is 4.43. The van der Waals surface area contributed by atoms with Crippen LogP contribution >= 0.6 is 0 Å². The van der Waals surface area contributed by atoms with Gasteiger partial charge in [-0.3, -0.25) is 4.79 Å². The van der Waals surface area contributed by atoms with Crippen molar-refractivity contribution in [2.24, 2.45) is 5.92 Å². The second-order valence-corrected chi connectivity index (χ2v) is 4.35. The van der Waals surface area contributed by atoms with Crippen LogP contribution in [0.3, 0.4) is 0 Å². The van der Waals surface area contributed by atoms with Gasteiger partial charge in [-0.05, 0) is 36.0 Å². The second-order valence-electron chi connectivity index (χ2n) is 4.35. The Morgan fingerprint density at radius 2 is 2.00 bits per heavy atom. The summed E-state index contributed by atoms with van der Waals surface area (Å²) in [7, 11) is 0. The predicted molar refractivity (Wildman–Crippen MR) is 62.4 cm³/mol. The van der Waals surface area contributed by atoms with E-state index in [9.17, 15) is 4.79 Å². The summed E-state index contributed by atoms with van der Waals surface area (Å²) < 4.78 is 0. The number of carbonyl (C=O) groups is 1. The maximum atomic E-state index is 11.7. The summed E-state index contributed by atoms with van der Waals surface area (Å²) in [5.74, 6) is 0.981. The normalized spacial score (nSPS) is 24.5. The minimum Gasteiger partial charge on any atom is -0.295 e. The number of carbonyl (C=O) groups excluding carboxylic acids is 1. The van der Waals surface area contributed by atoms with Gasteiger partial charge in [0.15, 0.2) is 5.78 Å². The van der Waals surface area contributed by atoms with E-state index in [1.807, 2.05) is 36.4 Å². The van der Waals surface area contributed by atoms with Crippen LogP contribution in [0.1, 0.15) is 31.7 Å². The molecule has 1 nitrogen and oxygen atoms in total. The number of rotatable bonds is 1. The van der Waals surface area contributed by atoms with Crippen molar-refractivity contribution in [3.8, 4) is 0 Å². The zero-order valence-corrected chi connectivity index (χ0v) is 9.07. The average Bonchev–Trinajstić information content (AvgIpc) is 2.25. The average molecular weight is 200 g/mol. The van der Waals surface area contributed by atoms with Crippen LogP contribution in [0.5, 0.6) is 0 Å². The third-order valence-corrected chi connectivity index (χ3v) is 2.93. The topological polar surface area (TPSA) is 17.1 Å². The van der Waals surface area contributed by atoms with Gasteiger partial charge in [-0.25, -0.2) is 0 Å². The van der Waals surface area contributed by atoms with Gasteiger partial charge in [0.1, 0.15) is 0 Å². The largest absolute Gasteiger partial charge is 0.295 e. The quantitative estimate of drug-likeness (QED) is 0.634. The summed E-state index contributed by atoms with van der Waals surface area (Å²) in [4.78, 5) is 11.7. The molecule has 1 heteroatoms. The van der Waals surface area contributed by atoms with Gasteiger partial charge in [-0.2, -0.15) is 0 Å². The Morgan fingerprint density at radius 1 is 1.27 bits per heavy atom. The molecule has 0 radical (unpaired) electrons. The maximum absolute atomic E-state index is 11.7. The highest BCUT2D eigenvalue weighted by molar-refractivity contribution is 6.00. The van der Waals surface area contributed by atoms with Gasteiger partial charge in [0.05, 0.1) is 0 Å². The number of ketones is 1. The molecular formula is C14H16O. The maximum Gasteiger partial charge on any atom is 0.158 e.